The Labute approximate surface area is 94.3 Å². The fraction of sp³-hybridized carbons (Fsp3) is 1.00. The third-order valence-electron chi connectivity index (χ3n) is 2.94. The van der Waals surface area contributed by atoms with Gasteiger partial charge in [0, 0.05) is 0 Å². The van der Waals surface area contributed by atoms with Crippen LogP contribution in [-0.2, 0) is 9.47 Å². The van der Waals surface area contributed by atoms with Gasteiger partial charge in [-0.15, -0.1) is 0 Å². The van der Waals surface area contributed by atoms with Crippen molar-refractivity contribution >= 4 is 0 Å². The summed E-state index contributed by atoms with van der Waals surface area (Å²) in [6, 6.07) is 0. The van der Waals surface area contributed by atoms with Gasteiger partial charge < -0.3 is 9.47 Å². The molecule has 0 saturated carbocycles. The molecule has 1 saturated heterocycles. The normalized spacial score (nSPS) is 26.0. The molecule has 2 atom stereocenters. The summed E-state index contributed by atoms with van der Waals surface area (Å²) in [7, 11) is 0. The van der Waals surface area contributed by atoms with E-state index in [1.54, 1.807) is 0 Å². The third kappa shape index (κ3) is 6.16. The minimum absolute atomic E-state index is 0.0932. The maximum Gasteiger partial charge on any atom is 0.158 e. The predicted octanol–water partition coefficient (Wildman–Crippen LogP) is 3.89. The van der Waals surface area contributed by atoms with Crippen LogP contribution in [0.1, 0.15) is 65.2 Å². The van der Waals surface area contributed by atoms with Gasteiger partial charge in [0.2, 0.25) is 0 Å². The lowest BCUT2D eigenvalue weighted by atomic mass is 10.1. The minimum Gasteiger partial charge on any atom is -0.350 e. The van der Waals surface area contributed by atoms with Crippen LogP contribution in [-0.4, -0.2) is 19.0 Å². The molecular formula is C13H26O2. The molecule has 1 aliphatic heterocycles. The number of ether oxygens (including phenoxy) is 2. The molecule has 1 heterocycles. The summed E-state index contributed by atoms with van der Waals surface area (Å²) in [6.45, 7) is 5.11. The van der Waals surface area contributed by atoms with Crippen LogP contribution in [0.5, 0.6) is 0 Å². The van der Waals surface area contributed by atoms with Crippen molar-refractivity contribution in [3.05, 3.63) is 0 Å². The average Bonchev–Trinajstić information content (AvgIpc) is 2.63. The van der Waals surface area contributed by atoms with E-state index in [1.807, 2.05) is 0 Å². The molecule has 1 aliphatic rings. The standard InChI is InChI=1S/C13H26O2/c1-3-4-5-6-7-8-9-10-13-14-11-12(2)15-13/h12-13H,3-11H2,1-2H3/t12-,13-/m1/s1. The number of hydrogen-bond donors (Lipinski definition) is 0. The SMILES string of the molecule is CCCCCCCCC[C@@H]1OC[C@@H](C)O1. The van der Waals surface area contributed by atoms with Gasteiger partial charge >= 0.3 is 0 Å². The van der Waals surface area contributed by atoms with Crippen LogP contribution in [0.2, 0.25) is 0 Å². The Balaban J connectivity index is 1.81. The molecule has 0 unspecified atom stereocenters. The highest BCUT2D eigenvalue weighted by atomic mass is 16.7. The number of unbranched alkanes of at least 4 members (excludes halogenated alkanes) is 6. The fourth-order valence-electron chi connectivity index (χ4n) is 2.00. The summed E-state index contributed by atoms with van der Waals surface area (Å²) < 4.78 is 11.1. The Bertz CT molecular complexity index is 147. The zero-order valence-electron chi connectivity index (χ0n) is 10.3. The van der Waals surface area contributed by atoms with Crippen molar-refractivity contribution in [3.63, 3.8) is 0 Å². The van der Waals surface area contributed by atoms with Gasteiger partial charge in [-0.3, -0.25) is 0 Å². The Hall–Kier alpha value is -0.0800. The van der Waals surface area contributed by atoms with Crippen LogP contribution < -0.4 is 0 Å². The molecule has 0 spiro atoms. The van der Waals surface area contributed by atoms with Gasteiger partial charge in [0.15, 0.2) is 6.29 Å². The van der Waals surface area contributed by atoms with Crippen molar-refractivity contribution in [1.29, 1.82) is 0 Å². The topological polar surface area (TPSA) is 18.5 Å². The lowest BCUT2D eigenvalue weighted by Crippen LogP contribution is -2.08. The fourth-order valence-corrected chi connectivity index (χ4v) is 2.00. The van der Waals surface area contributed by atoms with Gasteiger partial charge in [0.25, 0.3) is 0 Å². The monoisotopic (exact) mass is 214 g/mol. The summed E-state index contributed by atoms with van der Waals surface area (Å²) in [5, 5.41) is 0. The molecule has 0 bridgehead atoms. The van der Waals surface area contributed by atoms with Crippen LogP contribution in [0.3, 0.4) is 0 Å². The molecule has 2 nitrogen and oxygen atoms in total. The summed E-state index contributed by atoms with van der Waals surface area (Å²) in [5.74, 6) is 0. The Kier molecular flexibility index (Phi) is 7.03. The maximum absolute atomic E-state index is 5.58. The van der Waals surface area contributed by atoms with Crippen LogP contribution in [0.4, 0.5) is 0 Å². The van der Waals surface area contributed by atoms with Gasteiger partial charge in [-0.25, -0.2) is 0 Å². The number of hydrogen-bond acceptors (Lipinski definition) is 2. The maximum atomic E-state index is 5.58. The van der Waals surface area contributed by atoms with E-state index in [0.29, 0.717) is 6.10 Å². The molecule has 2 heteroatoms. The van der Waals surface area contributed by atoms with E-state index >= 15 is 0 Å². The van der Waals surface area contributed by atoms with E-state index < -0.39 is 0 Å². The van der Waals surface area contributed by atoms with Crippen LogP contribution in [0.15, 0.2) is 0 Å². The third-order valence-corrected chi connectivity index (χ3v) is 2.94. The summed E-state index contributed by atoms with van der Waals surface area (Å²) in [4.78, 5) is 0. The lowest BCUT2D eigenvalue weighted by Gasteiger charge is -2.09. The molecule has 0 aromatic rings. The molecule has 0 aromatic carbocycles. The molecule has 1 fully saturated rings. The first kappa shape index (κ1) is 13.0. The highest BCUT2D eigenvalue weighted by molar-refractivity contribution is 4.60. The van der Waals surface area contributed by atoms with Gasteiger partial charge in [-0.05, 0) is 19.8 Å². The first-order valence-electron chi connectivity index (χ1n) is 6.60. The van der Waals surface area contributed by atoms with Crippen molar-refractivity contribution in [2.24, 2.45) is 0 Å². The van der Waals surface area contributed by atoms with Crippen molar-refractivity contribution < 1.29 is 9.47 Å². The zero-order valence-corrected chi connectivity index (χ0v) is 10.3. The largest absolute Gasteiger partial charge is 0.350 e. The van der Waals surface area contributed by atoms with Crippen molar-refractivity contribution in [2.75, 3.05) is 6.61 Å². The molecule has 0 radical (unpaired) electrons. The van der Waals surface area contributed by atoms with E-state index in [2.05, 4.69) is 13.8 Å². The molecule has 15 heavy (non-hydrogen) atoms. The van der Waals surface area contributed by atoms with E-state index in [-0.39, 0.29) is 6.29 Å². The van der Waals surface area contributed by atoms with E-state index in [1.165, 1.54) is 44.9 Å². The van der Waals surface area contributed by atoms with Crippen LogP contribution in [0.25, 0.3) is 0 Å². The van der Waals surface area contributed by atoms with E-state index in [4.69, 9.17) is 9.47 Å². The van der Waals surface area contributed by atoms with E-state index in [0.717, 1.165) is 13.0 Å². The van der Waals surface area contributed by atoms with Crippen LogP contribution >= 0.6 is 0 Å². The Morgan fingerprint density at radius 2 is 1.67 bits per heavy atom. The highest BCUT2D eigenvalue weighted by Crippen LogP contribution is 2.17. The van der Waals surface area contributed by atoms with Gasteiger partial charge in [0.05, 0.1) is 12.7 Å². The van der Waals surface area contributed by atoms with Gasteiger partial charge in [0.1, 0.15) is 0 Å². The molecule has 1 rings (SSSR count). The summed E-state index contributed by atoms with van der Waals surface area (Å²) in [5.41, 5.74) is 0. The quantitative estimate of drug-likeness (QED) is 0.571. The molecule has 0 amide bonds. The molecular weight excluding hydrogens is 188 g/mol. The van der Waals surface area contributed by atoms with Crippen molar-refractivity contribution in [3.8, 4) is 0 Å². The smallest absolute Gasteiger partial charge is 0.158 e. The lowest BCUT2D eigenvalue weighted by molar-refractivity contribution is -0.0604. The second-order valence-corrected chi connectivity index (χ2v) is 4.62. The first-order valence-corrected chi connectivity index (χ1v) is 6.60. The molecule has 0 N–H and O–H groups in total. The molecule has 0 aromatic heterocycles. The van der Waals surface area contributed by atoms with Crippen LogP contribution in [0, 0.1) is 0 Å². The van der Waals surface area contributed by atoms with Gasteiger partial charge in [-0.2, -0.15) is 0 Å². The average molecular weight is 214 g/mol. The highest BCUT2D eigenvalue weighted by Gasteiger charge is 2.21. The molecule has 0 aliphatic carbocycles. The molecule has 90 valence electrons. The van der Waals surface area contributed by atoms with Crippen molar-refractivity contribution in [1.82, 2.24) is 0 Å². The second kappa shape index (κ2) is 8.12. The summed E-state index contributed by atoms with van der Waals surface area (Å²) in [6.07, 6.45) is 11.0. The van der Waals surface area contributed by atoms with Crippen molar-refractivity contribution in [2.45, 2.75) is 77.6 Å². The second-order valence-electron chi connectivity index (χ2n) is 4.62. The Morgan fingerprint density at radius 1 is 1.00 bits per heavy atom. The first-order chi connectivity index (χ1) is 7.33. The van der Waals surface area contributed by atoms with E-state index in [9.17, 15) is 0 Å². The number of rotatable bonds is 8. The Morgan fingerprint density at radius 3 is 2.27 bits per heavy atom. The predicted molar refractivity (Wildman–Crippen MR) is 62.9 cm³/mol. The zero-order chi connectivity index (χ0) is 10.9. The summed E-state index contributed by atoms with van der Waals surface area (Å²) >= 11 is 0. The van der Waals surface area contributed by atoms with Gasteiger partial charge in [-0.1, -0.05) is 45.4 Å². The minimum atomic E-state index is 0.0932.